The third-order valence-corrected chi connectivity index (χ3v) is 2.93. The van der Waals surface area contributed by atoms with E-state index in [0.717, 1.165) is 22.0 Å². The second kappa shape index (κ2) is 7.75. The highest BCUT2D eigenvalue weighted by Crippen LogP contribution is 2.17. The van der Waals surface area contributed by atoms with E-state index in [1.165, 1.54) is 14.1 Å². The molecular weight excluding hydrogens is 335 g/mol. The van der Waals surface area contributed by atoms with Gasteiger partial charge in [0.15, 0.2) is 0 Å². The van der Waals surface area contributed by atoms with Gasteiger partial charge in [-0.2, -0.15) is 18.3 Å². The van der Waals surface area contributed by atoms with Gasteiger partial charge in [-0.05, 0) is 0 Å². The van der Waals surface area contributed by atoms with Crippen LogP contribution in [0.25, 0.3) is 0 Å². The number of likely N-dealkylation sites (N-methyl/N-ethyl adjacent to an activating group) is 1. The molecule has 0 fully saturated rings. The fraction of sp³-hybridized carbons (Fsp3) is 0.583. The van der Waals surface area contributed by atoms with E-state index in [0.29, 0.717) is 4.90 Å². The van der Waals surface area contributed by atoms with Crippen molar-refractivity contribution in [2.24, 2.45) is 0 Å². The van der Waals surface area contributed by atoms with E-state index in [9.17, 15) is 32.9 Å². The van der Waals surface area contributed by atoms with E-state index in [-0.39, 0.29) is 18.7 Å². The van der Waals surface area contributed by atoms with E-state index >= 15 is 0 Å². The van der Waals surface area contributed by atoms with Crippen LogP contribution in [0.5, 0.6) is 0 Å². The molecule has 0 bridgehead atoms. The smallest absolute Gasteiger partial charge is 0.347 e. The number of halogens is 3. The predicted octanol–water partition coefficient (Wildman–Crippen LogP) is 0.660. The first-order valence-electron chi connectivity index (χ1n) is 6.71. The Labute approximate surface area is 134 Å². The summed E-state index contributed by atoms with van der Waals surface area (Å²) in [6, 6.07) is 0. The predicted molar refractivity (Wildman–Crippen MR) is 74.8 cm³/mol. The Hall–Kier alpha value is -2.66. The molecule has 2 amide bonds. The molecule has 0 aromatic carbocycles. The number of rotatable bonds is 7. The molecule has 0 N–H and O–H groups in total. The summed E-state index contributed by atoms with van der Waals surface area (Å²) in [6.07, 6.45) is -3.00. The number of amides is 2. The number of nitrogens with zero attached hydrogens (tertiary/aromatic N) is 5. The molecule has 134 valence electrons. The number of alkyl halides is 3. The minimum atomic E-state index is -4.65. The summed E-state index contributed by atoms with van der Waals surface area (Å²) < 4.78 is 38.8. The highest BCUT2D eigenvalue weighted by atomic mass is 19.4. The molecule has 0 aliphatic rings. The van der Waals surface area contributed by atoms with Crippen LogP contribution in [0.1, 0.15) is 6.42 Å². The molecule has 1 aromatic heterocycles. The molecule has 0 spiro atoms. The van der Waals surface area contributed by atoms with Crippen molar-refractivity contribution in [3.05, 3.63) is 22.5 Å². The van der Waals surface area contributed by atoms with E-state index in [2.05, 4.69) is 5.10 Å². The van der Waals surface area contributed by atoms with Crippen LogP contribution in [0.2, 0.25) is 0 Å². The lowest BCUT2D eigenvalue weighted by molar-refractivity contribution is -0.385. The van der Waals surface area contributed by atoms with Crippen LogP contribution in [0, 0.1) is 10.1 Å². The molecule has 24 heavy (non-hydrogen) atoms. The van der Waals surface area contributed by atoms with E-state index in [4.69, 9.17) is 0 Å². The first-order chi connectivity index (χ1) is 11.0. The van der Waals surface area contributed by atoms with Crippen molar-refractivity contribution in [2.45, 2.75) is 19.1 Å². The van der Waals surface area contributed by atoms with Gasteiger partial charge in [-0.15, -0.1) is 0 Å². The average molecular weight is 351 g/mol. The molecule has 12 heteroatoms. The molecule has 1 heterocycles. The van der Waals surface area contributed by atoms with Crippen molar-refractivity contribution >= 4 is 17.5 Å². The number of nitro groups is 1. The summed E-state index contributed by atoms with van der Waals surface area (Å²) in [7, 11) is 2.73. The van der Waals surface area contributed by atoms with Crippen molar-refractivity contribution in [3.8, 4) is 0 Å². The second-order valence-corrected chi connectivity index (χ2v) is 5.12. The summed E-state index contributed by atoms with van der Waals surface area (Å²) in [5.74, 6) is -1.55. The lowest BCUT2D eigenvalue weighted by atomic mass is 10.3. The van der Waals surface area contributed by atoms with Crippen molar-refractivity contribution in [1.29, 1.82) is 0 Å². The van der Waals surface area contributed by atoms with Gasteiger partial charge in [-0.3, -0.25) is 24.4 Å². The van der Waals surface area contributed by atoms with Gasteiger partial charge in [0, 0.05) is 27.1 Å². The van der Waals surface area contributed by atoms with Gasteiger partial charge >= 0.3 is 11.9 Å². The molecule has 0 aliphatic carbocycles. The van der Waals surface area contributed by atoms with Gasteiger partial charge < -0.3 is 9.80 Å². The number of carbonyl (C=O) groups excluding carboxylic acids is 2. The van der Waals surface area contributed by atoms with Crippen LogP contribution >= 0.6 is 0 Å². The van der Waals surface area contributed by atoms with Crippen LogP contribution in [0.4, 0.5) is 18.9 Å². The molecule has 0 aliphatic heterocycles. The molecule has 0 radical (unpaired) electrons. The van der Waals surface area contributed by atoms with Crippen molar-refractivity contribution in [2.75, 3.05) is 27.2 Å². The quantitative estimate of drug-likeness (QED) is 0.530. The summed E-state index contributed by atoms with van der Waals surface area (Å²) in [5.41, 5.74) is -0.294. The Morgan fingerprint density at radius 1 is 1.33 bits per heavy atom. The molecule has 0 saturated heterocycles. The van der Waals surface area contributed by atoms with E-state index in [1.54, 1.807) is 0 Å². The van der Waals surface area contributed by atoms with Gasteiger partial charge in [0.05, 0.1) is 4.92 Å². The molecule has 1 aromatic rings. The Bertz CT molecular complexity index is 614. The zero-order valence-electron chi connectivity index (χ0n) is 13.0. The molecule has 0 unspecified atom stereocenters. The fourth-order valence-corrected chi connectivity index (χ4v) is 1.69. The molecule has 0 saturated carbocycles. The lowest BCUT2D eigenvalue weighted by Crippen LogP contribution is -2.45. The van der Waals surface area contributed by atoms with Crippen molar-refractivity contribution in [1.82, 2.24) is 19.6 Å². The van der Waals surface area contributed by atoms with Gasteiger partial charge in [0.2, 0.25) is 11.8 Å². The third-order valence-electron chi connectivity index (χ3n) is 2.93. The van der Waals surface area contributed by atoms with E-state index in [1.807, 2.05) is 0 Å². The topological polar surface area (TPSA) is 102 Å². The Kier molecular flexibility index (Phi) is 6.26. The lowest BCUT2D eigenvalue weighted by Gasteiger charge is -2.24. The van der Waals surface area contributed by atoms with Gasteiger partial charge in [0.1, 0.15) is 25.5 Å². The van der Waals surface area contributed by atoms with Gasteiger partial charge in [-0.25, -0.2) is 0 Å². The maximum atomic E-state index is 12.6. The number of hydrogen-bond donors (Lipinski definition) is 0. The zero-order chi connectivity index (χ0) is 18.5. The maximum absolute atomic E-state index is 12.6. The van der Waals surface area contributed by atoms with Gasteiger partial charge in [-0.1, -0.05) is 0 Å². The van der Waals surface area contributed by atoms with E-state index < -0.39 is 36.0 Å². The zero-order valence-corrected chi connectivity index (χ0v) is 13.0. The summed E-state index contributed by atoms with van der Waals surface area (Å²) in [5, 5.41) is 14.2. The Balaban J connectivity index is 2.71. The summed E-state index contributed by atoms with van der Waals surface area (Å²) >= 11 is 0. The van der Waals surface area contributed by atoms with Gasteiger partial charge in [0.25, 0.3) is 0 Å². The van der Waals surface area contributed by atoms with Crippen LogP contribution in [0.3, 0.4) is 0 Å². The van der Waals surface area contributed by atoms with Crippen LogP contribution < -0.4 is 0 Å². The Morgan fingerprint density at radius 2 is 1.96 bits per heavy atom. The highest BCUT2D eigenvalue weighted by molar-refractivity contribution is 5.84. The minimum absolute atomic E-state index is 0.142. The minimum Gasteiger partial charge on any atom is -0.347 e. The summed E-state index contributed by atoms with van der Waals surface area (Å²) in [6.45, 7) is -2.40. The third kappa shape index (κ3) is 6.22. The van der Waals surface area contributed by atoms with Crippen LogP contribution in [0.15, 0.2) is 12.4 Å². The van der Waals surface area contributed by atoms with Crippen molar-refractivity contribution < 1.29 is 27.7 Å². The molecule has 0 atom stereocenters. The maximum Gasteiger partial charge on any atom is 0.406 e. The number of carbonyl (C=O) groups is 2. The first kappa shape index (κ1) is 19.4. The number of hydrogen-bond acceptors (Lipinski definition) is 5. The first-order valence-corrected chi connectivity index (χ1v) is 6.71. The number of aryl methyl sites for hydroxylation is 1. The largest absolute Gasteiger partial charge is 0.406 e. The highest BCUT2D eigenvalue weighted by Gasteiger charge is 2.34. The monoisotopic (exact) mass is 351 g/mol. The van der Waals surface area contributed by atoms with Crippen molar-refractivity contribution in [3.63, 3.8) is 0 Å². The second-order valence-electron chi connectivity index (χ2n) is 5.12. The summed E-state index contributed by atoms with van der Waals surface area (Å²) in [4.78, 5) is 34.9. The SMILES string of the molecule is CN(C)C(=O)CN(CC(F)(F)F)C(=O)CCn1cc([N+](=O)[O-])cn1. The standard InChI is InChI=1S/C12H16F3N5O4/c1-17(2)11(22)7-18(8-12(13,14)15)10(21)3-4-19-6-9(5-16-19)20(23)24/h5-6H,3-4,7-8H2,1-2H3. The van der Waals surface area contributed by atoms with Crippen LogP contribution in [-0.4, -0.2) is 69.7 Å². The molecular formula is C12H16F3N5O4. The molecule has 1 rings (SSSR count). The Morgan fingerprint density at radius 3 is 2.42 bits per heavy atom. The normalized spacial score (nSPS) is 11.2. The number of aromatic nitrogens is 2. The fourth-order valence-electron chi connectivity index (χ4n) is 1.69. The molecule has 9 nitrogen and oxygen atoms in total. The average Bonchev–Trinajstić information content (AvgIpc) is 2.91. The van der Waals surface area contributed by atoms with Crippen LogP contribution in [-0.2, 0) is 16.1 Å².